The quantitative estimate of drug-likeness (QED) is 0.861. The molecule has 1 amide bonds. The van der Waals surface area contributed by atoms with Crippen LogP contribution in [0.1, 0.15) is 29.9 Å². The van der Waals surface area contributed by atoms with Crippen molar-refractivity contribution in [3.05, 3.63) is 58.3 Å². The van der Waals surface area contributed by atoms with Crippen molar-refractivity contribution in [3.63, 3.8) is 0 Å². The minimum Gasteiger partial charge on any atom is -0.398 e. The second kappa shape index (κ2) is 6.72. The minimum atomic E-state index is -0.0464. The predicted octanol–water partition coefficient (Wildman–Crippen LogP) is 3.48. The van der Waals surface area contributed by atoms with Gasteiger partial charge in [0.15, 0.2) is 0 Å². The van der Waals surface area contributed by atoms with E-state index in [0.29, 0.717) is 17.8 Å². The van der Waals surface area contributed by atoms with Crippen molar-refractivity contribution in [2.75, 3.05) is 5.73 Å². The largest absolute Gasteiger partial charge is 0.398 e. The molecular formula is C16H18BrN3O. The molecule has 0 bridgehead atoms. The zero-order chi connectivity index (χ0) is 15.4. The Labute approximate surface area is 133 Å². The molecule has 1 heterocycles. The third kappa shape index (κ3) is 3.82. The highest BCUT2D eigenvalue weighted by Crippen LogP contribution is 2.22. The maximum Gasteiger partial charge on any atom is 0.254 e. The Kier molecular flexibility index (Phi) is 4.96. The average Bonchev–Trinajstić information content (AvgIpc) is 2.47. The van der Waals surface area contributed by atoms with E-state index in [9.17, 15) is 4.79 Å². The summed E-state index contributed by atoms with van der Waals surface area (Å²) in [4.78, 5) is 18.7. The van der Waals surface area contributed by atoms with E-state index in [0.717, 1.165) is 10.2 Å². The third-order valence-corrected chi connectivity index (χ3v) is 3.91. The standard InChI is InChI=1S/C16H18BrN3O/c1-11(2)20(10-13-5-3-4-8-19-13)16(21)12-6-7-14(17)15(18)9-12/h3-9,11H,10,18H2,1-2H3. The van der Waals surface area contributed by atoms with E-state index in [2.05, 4.69) is 20.9 Å². The van der Waals surface area contributed by atoms with Crippen LogP contribution in [0, 0.1) is 0 Å². The van der Waals surface area contributed by atoms with Crippen LogP contribution in [0.3, 0.4) is 0 Å². The van der Waals surface area contributed by atoms with Gasteiger partial charge in [-0.05, 0) is 60.1 Å². The molecule has 2 rings (SSSR count). The normalized spacial score (nSPS) is 10.7. The molecule has 0 aliphatic heterocycles. The SMILES string of the molecule is CC(C)N(Cc1ccccn1)C(=O)c1ccc(Br)c(N)c1. The molecule has 4 nitrogen and oxygen atoms in total. The van der Waals surface area contributed by atoms with Crippen molar-refractivity contribution in [1.29, 1.82) is 0 Å². The molecule has 110 valence electrons. The zero-order valence-electron chi connectivity index (χ0n) is 12.1. The maximum atomic E-state index is 12.7. The molecule has 0 saturated carbocycles. The first-order valence-electron chi connectivity index (χ1n) is 6.75. The molecule has 0 radical (unpaired) electrons. The van der Waals surface area contributed by atoms with Gasteiger partial charge < -0.3 is 10.6 Å². The molecule has 0 aliphatic carbocycles. The Morgan fingerprint density at radius 3 is 2.67 bits per heavy atom. The Morgan fingerprint density at radius 2 is 2.10 bits per heavy atom. The lowest BCUT2D eigenvalue weighted by atomic mass is 10.1. The van der Waals surface area contributed by atoms with Crippen LogP contribution in [0.5, 0.6) is 0 Å². The number of nitrogens with two attached hydrogens (primary N) is 1. The third-order valence-electron chi connectivity index (χ3n) is 3.19. The summed E-state index contributed by atoms with van der Waals surface area (Å²) in [5.41, 5.74) is 7.86. The average molecular weight is 348 g/mol. The number of carbonyl (C=O) groups excluding carboxylic acids is 1. The number of rotatable bonds is 4. The Morgan fingerprint density at radius 1 is 1.33 bits per heavy atom. The van der Waals surface area contributed by atoms with Gasteiger partial charge >= 0.3 is 0 Å². The van der Waals surface area contributed by atoms with Gasteiger partial charge in [0.2, 0.25) is 0 Å². The van der Waals surface area contributed by atoms with Crippen LogP contribution in [-0.4, -0.2) is 21.8 Å². The molecule has 0 saturated heterocycles. The van der Waals surface area contributed by atoms with Crippen molar-refractivity contribution in [2.24, 2.45) is 0 Å². The number of hydrogen-bond donors (Lipinski definition) is 1. The van der Waals surface area contributed by atoms with Gasteiger partial charge in [-0.2, -0.15) is 0 Å². The molecule has 0 atom stereocenters. The number of halogens is 1. The van der Waals surface area contributed by atoms with Crippen LogP contribution < -0.4 is 5.73 Å². The number of nitrogen functional groups attached to an aromatic ring is 1. The number of carbonyl (C=O) groups is 1. The first-order valence-corrected chi connectivity index (χ1v) is 7.54. The number of aromatic nitrogens is 1. The summed E-state index contributed by atoms with van der Waals surface area (Å²) in [6.45, 7) is 4.46. The Balaban J connectivity index is 2.25. The predicted molar refractivity (Wildman–Crippen MR) is 87.8 cm³/mol. The van der Waals surface area contributed by atoms with Gasteiger partial charge in [-0.15, -0.1) is 0 Å². The van der Waals surface area contributed by atoms with Crippen LogP contribution in [-0.2, 0) is 6.54 Å². The highest BCUT2D eigenvalue weighted by molar-refractivity contribution is 9.10. The number of anilines is 1. The summed E-state index contributed by atoms with van der Waals surface area (Å²) in [6.07, 6.45) is 1.73. The van der Waals surface area contributed by atoms with Crippen molar-refractivity contribution in [2.45, 2.75) is 26.4 Å². The van der Waals surface area contributed by atoms with Crippen LogP contribution >= 0.6 is 15.9 Å². The van der Waals surface area contributed by atoms with Crippen LogP contribution in [0.4, 0.5) is 5.69 Å². The second-order valence-corrected chi connectivity index (χ2v) is 5.94. The van der Waals surface area contributed by atoms with Crippen molar-refractivity contribution in [3.8, 4) is 0 Å². The number of nitrogens with zero attached hydrogens (tertiary/aromatic N) is 2. The number of amides is 1. The van der Waals surface area contributed by atoms with E-state index < -0.39 is 0 Å². The molecule has 1 aromatic carbocycles. The van der Waals surface area contributed by atoms with Crippen molar-refractivity contribution >= 4 is 27.5 Å². The number of hydrogen-bond acceptors (Lipinski definition) is 3. The van der Waals surface area contributed by atoms with E-state index in [1.165, 1.54) is 0 Å². The first-order chi connectivity index (χ1) is 9.99. The molecule has 0 fully saturated rings. The van der Waals surface area contributed by atoms with Gasteiger partial charge in [0.05, 0.1) is 12.2 Å². The fourth-order valence-corrected chi connectivity index (χ4v) is 2.24. The summed E-state index contributed by atoms with van der Waals surface area (Å²) in [7, 11) is 0. The first kappa shape index (κ1) is 15.5. The Bertz CT molecular complexity index is 629. The molecule has 0 unspecified atom stereocenters. The number of pyridine rings is 1. The summed E-state index contributed by atoms with van der Waals surface area (Å²) in [5, 5.41) is 0. The van der Waals surface area contributed by atoms with Gasteiger partial charge in [-0.3, -0.25) is 9.78 Å². The van der Waals surface area contributed by atoms with Gasteiger partial charge in [0.25, 0.3) is 5.91 Å². The lowest BCUT2D eigenvalue weighted by Gasteiger charge is -2.26. The summed E-state index contributed by atoms with van der Waals surface area (Å²) >= 11 is 3.34. The van der Waals surface area contributed by atoms with E-state index in [1.807, 2.05) is 32.0 Å². The van der Waals surface area contributed by atoms with Gasteiger partial charge in [0, 0.05) is 28.0 Å². The molecule has 2 aromatic rings. The summed E-state index contributed by atoms with van der Waals surface area (Å²) in [5.74, 6) is -0.0464. The van der Waals surface area contributed by atoms with Gasteiger partial charge in [-0.25, -0.2) is 0 Å². The van der Waals surface area contributed by atoms with Crippen molar-refractivity contribution in [1.82, 2.24) is 9.88 Å². The highest BCUT2D eigenvalue weighted by atomic mass is 79.9. The zero-order valence-corrected chi connectivity index (χ0v) is 13.7. The lowest BCUT2D eigenvalue weighted by Crippen LogP contribution is -2.36. The summed E-state index contributed by atoms with van der Waals surface area (Å²) < 4.78 is 0.792. The molecule has 5 heteroatoms. The highest BCUT2D eigenvalue weighted by Gasteiger charge is 2.20. The second-order valence-electron chi connectivity index (χ2n) is 5.08. The molecule has 0 aliphatic rings. The fourth-order valence-electron chi connectivity index (χ4n) is 2.00. The van der Waals surface area contributed by atoms with E-state index in [1.54, 1.807) is 29.3 Å². The van der Waals surface area contributed by atoms with Crippen LogP contribution in [0.25, 0.3) is 0 Å². The van der Waals surface area contributed by atoms with E-state index in [-0.39, 0.29) is 11.9 Å². The smallest absolute Gasteiger partial charge is 0.254 e. The monoisotopic (exact) mass is 347 g/mol. The minimum absolute atomic E-state index is 0.0464. The summed E-state index contributed by atoms with van der Waals surface area (Å²) in [6, 6.07) is 11.0. The lowest BCUT2D eigenvalue weighted by molar-refractivity contribution is 0.0688. The topological polar surface area (TPSA) is 59.2 Å². The van der Waals surface area contributed by atoms with E-state index in [4.69, 9.17) is 5.73 Å². The molecule has 21 heavy (non-hydrogen) atoms. The van der Waals surface area contributed by atoms with Gasteiger partial charge in [-0.1, -0.05) is 6.07 Å². The fraction of sp³-hybridized carbons (Fsp3) is 0.250. The Hall–Kier alpha value is -1.88. The number of benzene rings is 1. The maximum absolute atomic E-state index is 12.7. The molecular weight excluding hydrogens is 330 g/mol. The van der Waals surface area contributed by atoms with Crippen LogP contribution in [0.15, 0.2) is 47.1 Å². The van der Waals surface area contributed by atoms with Crippen molar-refractivity contribution < 1.29 is 4.79 Å². The molecule has 1 aromatic heterocycles. The molecule has 0 spiro atoms. The van der Waals surface area contributed by atoms with E-state index >= 15 is 0 Å². The molecule has 2 N–H and O–H groups in total. The van der Waals surface area contributed by atoms with Gasteiger partial charge in [0.1, 0.15) is 0 Å². The van der Waals surface area contributed by atoms with Crippen LogP contribution in [0.2, 0.25) is 0 Å².